The number of hydrogen-bond acceptors (Lipinski definition) is 4. The molecule has 1 fully saturated rings. The molecule has 5 heteroatoms. The Labute approximate surface area is 126 Å². The van der Waals surface area contributed by atoms with Gasteiger partial charge in [0.25, 0.3) is 0 Å². The number of anilines is 1. The van der Waals surface area contributed by atoms with Gasteiger partial charge < -0.3 is 15.0 Å². The van der Waals surface area contributed by atoms with Crippen LogP contribution < -0.4 is 15.0 Å². The van der Waals surface area contributed by atoms with Crippen LogP contribution in [0.3, 0.4) is 0 Å². The van der Waals surface area contributed by atoms with Crippen molar-refractivity contribution in [2.24, 2.45) is 0 Å². The number of nitrogens with one attached hydrogen (secondary N) is 1. The maximum atomic E-state index is 11.7. The van der Waals surface area contributed by atoms with E-state index in [1.807, 2.05) is 18.2 Å². The lowest BCUT2D eigenvalue weighted by Gasteiger charge is -2.35. The summed E-state index contributed by atoms with van der Waals surface area (Å²) >= 11 is 0. The Morgan fingerprint density at radius 3 is 2.81 bits per heavy atom. The van der Waals surface area contributed by atoms with Crippen LogP contribution in [0, 0.1) is 0 Å². The molecule has 1 N–H and O–H groups in total. The number of rotatable bonds is 6. The highest BCUT2D eigenvalue weighted by molar-refractivity contribution is 5.78. The first-order chi connectivity index (χ1) is 10.2. The third-order valence-corrected chi connectivity index (χ3v) is 3.60. The number of nitrogens with zero attached hydrogens (tertiary/aromatic N) is 2. The zero-order valence-electron chi connectivity index (χ0n) is 12.5. The molecular formula is C16H23N3O2. The minimum atomic E-state index is 0.0599. The standard InChI is InChI=1S/C16H23N3O2/c1-3-7-17-16(20)13-18-8-10-19(11-9-18)14-5-4-6-15(12-14)21-2/h3-6,12H,1,7-11,13H2,2H3,(H,17,20). The first-order valence-electron chi connectivity index (χ1n) is 7.22. The van der Waals surface area contributed by atoms with Gasteiger partial charge in [-0.25, -0.2) is 0 Å². The molecule has 1 aromatic rings. The highest BCUT2D eigenvalue weighted by Gasteiger charge is 2.19. The van der Waals surface area contributed by atoms with Crippen LogP contribution in [0.15, 0.2) is 36.9 Å². The van der Waals surface area contributed by atoms with Gasteiger partial charge in [0.1, 0.15) is 5.75 Å². The number of benzene rings is 1. The molecule has 5 nitrogen and oxygen atoms in total. The predicted molar refractivity (Wildman–Crippen MR) is 84.9 cm³/mol. The van der Waals surface area contributed by atoms with Crippen LogP contribution in [-0.2, 0) is 4.79 Å². The quantitative estimate of drug-likeness (QED) is 0.797. The van der Waals surface area contributed by atoms with Crippen LogP contribution in [0.1, 0.15) is 0 Å². The van der Waals surface area contributed by atoms with Crippen molar-refractivity contribution in [1.82, 2.24) is 10.2 Å². The van der Waals surface area contributed by atoms with Crippen molar-refractivity contribution in [2.45, 2.75) is 0 Å². The van der Waals surface area contributed by atoms with Crippen molar-refractivity contribution in [1.29, 1.82) is 0 Å². The van der Waals surface area contributed by atoms with Crippen LogP contribution >= 0.6 is 0 Å². The SMILES string of the molecule is C=CCNC(=O)CN1CCN(c2cccc(OC)c2)CC1. The smallest absolute Gasteiger partial charge is 0.234 e. The van der Waals surface area contributed by atoms with E-state index in [4.69, 9.17) is 4.74 Å². The Morgan fingerprint density at radius 2 is 2.14 bits per heavy atom. The number of carbonyl (C=O) groups excluding carboxylic acids is 1. The van der Waals surface area contributed by atoms with E-state index in [0.717, 1.165) is 31.9 Å². The van der Waals surface area contributed by atoms with Gasteiger partial charge >= 0.3 is 0 Å². The molecule has 0 radical (unpaired) electrons. The lowest BCUT2D eigenvalue weighted by molar-refractivity contribution is -0.122. The number of ether oxygens (including phenoxy) is 1. The van der Waals surface area contributed by atoms with Crippen molar-refractivity contribution in [3.05, 3.63) is 36.9 Å². The first-order valence-corrected chi connectivity index (χ1v) is 7.22. The van der Waals surface area contributed by atoms with Gasteiger partial charge in [-0.1, -0.05) is 12.1 Å². The van der Waals surface area contributed by atoms with Crippen LogP contribution in [0.2, 0.25) is 0 Å². The first kappa shape index (κ1) is 15.4. The monoisotopic (exact) mass is 289 g/mol. The Morgan fingerprint density at radius 1 is 1.38 bits per heavy atom. The Bertz CT molecular complexity index is 482. The van der Waals surface area contributed by atoms with Gasteiger partial charge in [0.15, 0.2) is 0 Å². The number of piperazine rings is 1. The molecular weight excluding hydrogens is 266 g/mol. The number of methoxy groups -OCH3 is 1. The second-order valence-electron chi connectivity index (χ2n) is 5.06. The van der Waals surface area contributed by atoms with Gasteiger partial charge in [-0.15, -0.1) is 6.58 Å². The van der Waals surface area contributed by atoms with Crippen molar-refractivity contribution in [3.8, 4) is 5.75 Å². The molecule has 1 aliphatic rings. The summed E-state index contributed by atoms with van der Waals surface area (Å²) in [6.45, 7) is 8.19. The molecule has 0 saturated carbocycles. The molecule has 0 unspecified atom stereocenters. The summed E-state index contributed by atoms with van der Waals surface area (Å²) < 4.78 is 5.26. The molecule has 1 amide bonds. The van der Waals surface area contributed by atoms with Crippen LogP contribution in [0.4, 0.5) is 5.69 Å². The van der Waals surface area contributed by atoms with Gasteiger partial charge in [0.2, 0.25) is 5.91 Å². The lowest BCUT2D eigenvalue weighted by Crippen LogP contribution is -2.49. The van der Waals surface area contributed by atoms with Crippen LogP contribution in [-0.4, -0.2) is 57.2 Å². The maximum Gasteiger partial charge on any atom is 0.234 e. The summed E-state index contributed by atoms with van der Waals surface area (Å²) in [6.07, 6.45) is 1.69. The van der Waals surface area contributed by atoms with Gasteiger partial charge in [0, 0.05) is 44.5 Å². The van der Waals surface area contributed by atoms with E-state index in [1.54, 1.807) is 13.2 Å². The van der Waals surface area contributed by atoms with Crippen LogP contribution in [0.25, 0.3) is 0 Å². The lowest BCUT2D eigenvalue weighted by atomic mass is 10.2. The third-order valence-electron chi connectivity index (χ3n) is 3.60. The molecule has 1 saturated heterocycles. The average molecular weight is 289 g/mol. The Kier molecular flexibility index (Phi) is 5.63. The molecule has 114 valence electrons. The summed E-state index contributed by atoms with van der Waals surface area (Å²) in [7, 11) is 1.68. The zero-order chi connectivity index (χ0) is 15.1. The molecule has 1 heterocycles. The summed E-state index contributed by atoms with van der Waals surface area (Å²) in [4.78, 5) is 16.2. The Balaban J connectivity index is 1.82. The molecule has 0 aliphatic carbocycles. The van der Waals surface area contributed by atoms with Crippen molar-refractivity contribution >= 4 is 11.6 Å². The fraction of sp³-hybridized carbons (Fsp3) is 0.438. The number of hydrogen-bond donors (Lipinski definition) is 1. The second kappa shape index (κ2) is 7.69. The van der Waals surface area contributed by atoms with E-state index in [0.29, 0.717) is 13.1 Å². The summed E-state index contributed by atoms with van der Waals surface area (Å²) in [5.41, 5.74) is 1.17. The van der Waals surface area contributed by atoms with Gasteiger partial charge in [-0.05, 0) is 12.1 Å². The molecule has 0 aromatic heterocycles. The minimum absolute atomic E-state index is 0.0599. The second-order valence-corrected chi connectivity index (χ2v) is 5.06. The van der Waals surface area contributed by atoms with Gasteiger partial charge in [-0.3, -0.25) is 9.69 Å². The van der Waals surface area contributed by atoms with Gasteiger partial charge in [-0.2, -0.15) is 0 Å². The molecule has 0 bridgehead atoms. The van der Waals surface area contributed by atoms with Crippen molar-refractivity contribution in [2.75, 3.05) is 51.3 Å². The van der Waals surface area contributed by atoms with E-state index < -0.39 is 0 Å². The highest BCUT2D eigenvalue weighted by Crippen LogP contribution is 2.21. The normalized spacial score (nSPS) is 15.6. The minimum Gasteiger partial charge on any atom is -0.497 e. The topological polar surface area (TPSA) is 44.8 Å². The summed E-state index contributed by atoms with van der Waals surface area (Å²) in [5, 5.41) is 2.81. The van der Waals surface area contributed by atoms with E-state index in [-0.39, 0.29) is 5.91 Å². The van der Waals surface area contributed by atoms with E-state index in [2.05, 4.69) is 27.8 Å². The Hall–Kier alpha value is -2.01. The fourth-order valence-electron chi connectivity index (χ4n) is 2.42. The van der Waals surface area contributed by atoms with Crippen molar-refractivity contribution in [3.63, 3.8) is 0 Å². The highest BCUT2D eigenvalue weighted by atomic mass is 16.5. The molecule has 1 aromatic carbocycles. The zero-order valence-corrected chi connectivity index (χ0v) is 12.5. The average Bonchev–Trinajstić information content (AvgIpc) is 2.53. The predicted octanol–water partition coefficient (Wildman–Crippen LogP) is 1.12. The molecule has 1 aliphatic heterocycles. The summed E-state index contributed by atoms with van der Waals surface area (Å²) in [6, 6.07) is 8.09. The fourth-order valence-corrected chi connectivity index (χ4v) is 2.42. The van der Waals surface area contributed by atoms with Gasteiger partial charge in [0.05, 0.1) is 13.7 Å². The molecule has 0 atom stereocenters. The molecule has 2 rings (SSSR count). The molecule has 21 heavy (non-hydrogen) atoms. The molecule has 0 spiro atoms. The third kappa shape index (κ3) is 4.49. The maximum absolute atomic E-state index is 11.7. The van der Waals surface area contributed by atoms with E-state index in [1.165, 1.54) is 5.69 Å². The number of amides is 1. The van der Waals surface area contributed by atoms with E-state index in [9.17, 15) is 4.79 Å². The summed E-state index contributed by atoms with van der Waals surface area (Å²) in [5.74, 6) is 0.934. The number of carbonyl (C=O) groups is 1. The van der Waals surface area contributed by atoms with Crippen LogP contribution in [0.5, 0.6) is 5.75 Å². The van der Waals surface area contributed by atoms with Crippen molar-refractivity contribution < 1.29 is 9.53 Å². The van der Waals surface area contributed by atoms with E-state index >= 15 is 0 Å². The largest absolute Gasteiger partial charge is 0.497 e.